The first-order valence-corrected chi connectivity index (χ1v) is 15.5. The summed E-state index contributed by atoms with van der Waals surface area (Å²) in [6.07, 6.45) is -7.06. The number of ether oxygens (including phenoxy) is 1. The average molecular weight is 570 g/mol. The van der Waals surface area contributed by atoms with Crippen LogP contribution in [0, 0.1) is 13.5 Å². The van der Waals surface area contributed by atoms with Gasteiger partial charge >= 0.3 is 5.69 Å². The van der Waals surface area contributed by atoms with E-state index < -0.39 is 63.6 Å². The minimum Gasteiger partial charge on any atom is -0.348 e. The van der Waals surface area contributed by atoms with E-state index in [9.17, 15) is 22.9 Å². The van der Waals surface area contributed by atoms with Crippen LogP contribution in [0.2, 0.25) is 0 Å². The van der Waals surface area contributed by atoms with Crippen LogP contribution in [0.4, 0.5) is 13.2 Å². The van der Waals surface area contributed by atoms with E-state index in [0.29, 0.717) is 0 Å². The van der Waals surface area contributed by atoms with Crippen LogP contribution in [-0.4, -0.2) is 76.8 Å². The smallest absolute Gasteiger partial charge is 0.330 e. The number of hydrogen-bond acceptors (Lipinski definition) is 7. The highest BCUT2D eigenvalue weighted by atomic mass is 31.2. The highest BCUT2D eigenvalue weighted by Crippen LogP contribution is 2.58. The van der Waals surface area contributed by atoms with Crippen LogP contribution in [0.1, 0.15) is 45.9 Å². The predicted octanol–water partition coefficient (Wildman–Crippen LogP) is 4.35. The molecule has 2 rings (SSSR count). The minimum absolute atomic E-state index is 0.0114. The second kappa shape index (κ2) is 12.5. The first-order valence-electron chi connectivity index (χ1n) is 11.8. The summed E-state index contributed by atoms with van der Waals surface area (Å²) in [7, 11) is -6.01. The van der Waals surface area contributed by atoms with Gasteiger partial charge in [-0.2, -0.15) is 8.78 Å². The molecule has 0 saturated carbocycles. The standard InChI is InChI=1S/C22H35F3N4O6P2/c1-13(2)29(14(3)4)36(33-10-9-26-6)35-18-16(11-22(24,25)37(7,8)32)34-20(17(18)23)28-12-15(5)19(30)27-21(28)31/h12-14,16-18,20H,9-11H2,1-5,7-8H3,(H,27,30,31)/t16-,17-,18-,20-,36?/m1/s1. The number of aryl methyl sites for hydroxylation is 1. The van der Waals surface area contributed by atoms with E-state index in [1.165, 1.54) is 6.92 Å². The van der Waals surface area contributed by atoms with Gasteiger partial charge in [0, 0.05) is 30.3 Å². The van der Waals surface area contributed by atoms with E-state index >= 15 is 4.39 Å². The van der Waals surface area contributed by atoms with Crippen LogP contribution in [0.5, 0.6) is 0 Å². The van der Waals surface area contributed by atoms with Crippen molar-refractivity contribution in [1.29, 1.82) is 0 Å². The van der Waals surface area contributed by atoms with Crippen molar-refractivity contribution in [3.8, 4) is 0 Å². The summed E-state index contributed by atoms with van der Waals surface area (Å²) in [6, 6.07) is -0.294. The molecule has 0 aliphatic carbocycles. The Balaban J connectivity index is 2.53. The van der Waals surface area contributed by atoms with E-state index in [1.807, 2.05) is 32.7 Å². The van der Waals surface area contributed by atoms with Gasteiger partial charge in [-0.15, -0.1) is 0 Å². The van der Waals surface area contributed by atoms with E-state index in [-0.39, 0.29) is 30.8 Å². The quantitative estimate of drug-likeness (QED) is 0.226. The number of nitrogens with one attached hydrogen (secondary N) is 1. The van der Waals surface area contributed by atoms with Gasteiger partial charge < -0.3 is 23.2 Å². The molecule has 0 bridgehead atoms. The fourth-order valence-corrected chi connectivity index (χ4v) is 6.21. The highest BCUT2D eigenvalue weighted by molar-refractivity contribution is 7.63. The van der Waals surface area contributed by atoms with Crippen molar-refractivity contribution in [2.24, 2.45) is 0 Å². The number of hydrogen-bond donors (Lipinski definition) is 1. The molecule has 1 fully saturated rings. The first kappa shape index (κ1) is 31.7. The molecule has 1 aliphatic rings. The van der Waals surface area contributed by atoms with Crippen molar-refractivity contribution in [3.63, 3.8) is 0 Å². The number of alkyl halides is 3. The lowest BCUT2D eigenvalue weighted by Crippen LogP contribution is -2.40. The third-order valence-electron chi connectivity index (χ3n) is 5.78. The molecule has 1 unspecified atom stereocenters. The van der Waals surface area contributed by atoms with E-state index in [4.69, 9.17) is 20.4 Å². The Kier molecular flexibility index (Phi) is 10.7. The zero-order chi connectivity index (χ0) is 28.3. The third-order valence-corrected chi connectivity index (χ3v) is 9.67. The molecule has 210 valence electrons. The van der Waals surface area contributed by atoms with Gasteiger partial charge in [0.05, 0.1) is 6.10 Å². The molecule has 0 spiro atoms. The summed E-state index contributed by atoms with van der Waals surface area (Å²) in [6.45, 7) is 17.7. The van der Waals surface area contributed by atoms with Gasteiger partial charge in [0.2, 0.25) is 6.54 Å². The third kappa shape index (κ3) is 7.53. The normalized spacial score (nSPS) is 23.7. The Bertz CT molecular complexity index is 1120. The number of aromatic amines is 1. The number of rotatable bonds is 12. The van der Waals surface area contributed by atoms with Gasteiger partial charge in [-0.3, -0.25) is 14.3 Å². The van der Waals surface area contributed by atoms with Crippen LogP contribution in [0.3, 0.4) is 0 Å². The topological polar surface area (TPSA) is 107 Å². The molecule has 2 heterocycles. The zero-order valence-electron chi connectivity index (χ0n) is 22.0. The maximum absolute atomic E-state index is 16.0. The maximum atomic E-state index is 16.0. The average Bonchev–Trinajstić information content (AvgIpc) is 3.04. The molecule has 1 aromatic heterocycles. The molecule has 1 N–H and O–H groups in total. The molecule has 10 nitrogen and oxygen atoms in total. The van der Waals surface area contributed by atoms with Crippen molar-refractivity contribution < 1.29 is 31.5 Å². The number of aromatic nitrogens is 2. The molecule has 1 aromatic rings. The summed E-state index contributed by atoms with van der Waals surface area (Å²) in [4.78, 5) is 29.5. The summed E-state index contributed by atoms with van der Waals surface area (Å²) in [5.41, 5.74) is -5.27. The van der Waals surface area contributed by atoms with Crippen LogP contribution < -0.4 is 11.2 Å². The lowest BCUT2D eigenvalue weighted by Gasteiger charge is -2.37. The summed E-state index contributed by atoms with van der Waals surface area (Å²) < 4.78 is 78.1. The monoisotopic (exact) mass is 570 g/mol. The Morgan fingerprint density at radius 1 is 1.30 bits per heavy atom. The Labute approximate surface area is 215 Å². The van der Waals surface area contributed by atoms with Crippen molar-refractivity contribution in [2.75, 3.05) is 26.5 Å². The molecule has 5 atom stereocenters. The number of H-pyrrole nitrogens is 1. The van der Waals surface area contributed by atoms with Gasteiger partial charge in [-0.05, 0) is 47.9 Å². The molecule has 1 aliphatic heterocycles. The molecule has 15 heteroatoms. The molecule has 0 aromatic carbocycles. The largest absolute Gasteiger partial charge is 0.348 e. The van der Waals surface area contributed by atoms with Gasteiger partial charge in [0.25, 0.3) is 19.7 Å². The van der Waals surface area contributed by atoms with Gasteiger partial charge in [0.15, 0.2) is 12.4 Å². The lowest BCUT2D eigenvalue weighted by atomic mass is 10.1. The second-order valence-electron chi connectivity index (χ2n) is 9.80. The fourth-order valence-electron chi connectivity index (χ4n) is 3.84. The minimum atomic E-state index is -3.97. The molecule has 37 heavy (non-hydrogen) atoms. The maximum Gasteiger partial charge on any atom is 0.330 e. The second-order valence-corrected chi connectivity index (χ2v) is 14.6. The van der Waals surface area contributed by atoms with Crippen LogP contribution in [0.25, 0.3) is 4.85 Å². The summed E-state index contributed by atoms with van der Waals surface area (Å²) in [5.74, 6) is 0. The van der Waals surface area contributed by atoms with Crippen LogP contribution in [0.15, 0.2) is 15.8 Å². The van der Waals surface area contributed by atoms with Crippen molar-refractivity contribution in [3.05, 3.63) is 44.0 Å². The summed E-state index contributed by atoms with van der Waals surface area (Å²) in [5, 5.41) is 0. The van der Waals surface area contributed by atoms with E-state index in [1.54, 1.807) is 4.67 Å². The molecular formula is C22H35F3N4O6P2. The zero-order valence-corrected chi connectivity index (χ0v) is 23.8. The van der Waals surface area contributed by atoms with Crippen LogP contribution in [-0.2, 0) is 18.3 Å². The molecule has 0 amide bonds. The van der Waals surface area contributed by atoms with Crippen molar-refractivity contribution in [1.82, 2.24) is 14.2 Å². The number of nitrogens with zero attached hydrogens (tertiary/aromatic N) is 3. The fraction of sp³-hybridized carbons (Fsp3) is 0.773. The number of halogens is 3. The van der Waals surface area contributed by atoms with E-state index in [2.05, 4.69) is 4.85 Å². The Hall–Kier alpha value is -1.54. The van der Waals surface area contributed by atoms with E-state index in [0.717, 1.165) is 24.1 Å². The Morgan fingerprint density at radius 2 is 1.89 bits per heavy atom. The van der Waals surface area contributed by atoms with Crippen molar-refractivity contribution >= 4 is 15.7 Å². The first-order chi connectivity index (χ1) is 17.0. The molecular weight excluding hydrogens is 535 g/mol. The van der Waals surface area contributed by atoms with Crippen molar-refractivity contribution in [2.45, 2.75) is 83.4 Å². The van der Waals surface area contributed by atoms with Gasteiger partial charge in [-0.25, -0.2) is 20.4 Å². The molecule has 0 radical (unpaired) electrons. The predicted molar refractivity (Wildman–Crippen MR) is 135 cm³/mol. The molecule has 1 saturated heterocycles. The SMILES string of the molecule is [C-]#[N+]CCOP(O[C@H]1[C@@H](F)[C@H](n2cc(C)c(=O)[nH]c2=O)O[C@@H]1CC(F)(F)P(C)(C)=O)N(C(C)C)C(C)C. The summed E-state index contributed by atoms with van der Waals surface area (Å²) >= 11 is 0. The Morgan fingerprint density at radius 3 is 2.41 bits per heavy atom. The highest BCUT2D eigenvalue weighted by Gasteiger charge is 2.55. The van der Waals surface area contributed by atoms with Crippen LogP contribution >= 0.6 is 15.7 Å². The lowest BCUT2D eigenvalue weighted by molar-refractivity contribution is -0.0615. The van der Waals surface area contributed by atoms with Gasteiger partial charge in [-0.1, -0.05) is 0 Å². The van der Waals surface area contributed by atoms with Gasteiger partial charge in [0.1, 0.15) is 19.9 Å².